The van der Waals surface area contributed by atoms with Crippen LogP contribution in [0, 0.1) is 0 Å². The van der Waals surface area contributed by atoms with Gasteiger partial charge in [0.15, 0.2) is 0 Å². The molecular formula is C40H59F3O4. The molecule has 0 spiro atoms. The number of carbonyl (C=O) groups excluding carboxylic acids is 1. The van der Waals surface area contributed by atoms with E-state index in [9.17, 15) is 23.1 Å². The van der Waals surface area contributed by atoms with Crippen LogP contribution in [-0.2, 0) is 19.9 Å². The number of aliphatic hydroxyl groups is 1. The lowest BCUT2D eigenvalue weighted by atomic mass is 9.88. The maximum atomic E-state index is 14.6. The number of unbranched alkanes of at least 4 members (excludes halogenated alkanes) is 1. The van der Waals surface area contributed by atoms with Crippen molar-refractivity contribution in [2.45, 2.75) is 143 Å². The zero-order valence-corrected chi connectivity index (χ0v) is 30.2. The Morgan fingerprint density at radius 3 is 1.70 bits per heavy atom. The van der Waals surface area contributed by atoms with E-state index in [4.69, 9.17) is 9.47 Å². The van der Waals surface area contributed by atoms with Crippen LogP contribution in [0.2, 0.25) is 0 Å². The Bertz CT molecular complexity index is 1240. The highest BCUT2D eigenvalue weighted by Gasteiger charge is 2.64. The zero-order valence-electron chi connectivity index (χ0n) is 30.2. The van der Waals surface area contributed by atoms with Gasteiger partial charge >= 0.3 is 12.1 Å². The van der Waals surface area contributed by atoms with Crippen molar-refractivity contribution in [1.82, 2.24) is 0 Å². The van der Waals surface area contributed by atoms with Crippen LogP contribution in [-0.4, -0.2) is 36.1 Å². The van der Waals surface area contributed by atoms with Crippen LogP contribution in [0.1, 0.15) is 125 Å². The van der Waals surface area contributed by atoms with E-state index in [-0.39, 0.29) is 18.4 Å². The fourth-order valence-corrected chi connectivity index (χ4v) is 5.37. The monoisotopic (exact) mass is 660 g/mol. The number of halogens is 3. The number of hydrogen-bond acceptors (Lipinski definition) is 4. The first-order valence-electron chi connectivity index (χ1n) is 16.8. The van der Waals surface area contributed by atoms with Crippen LogP contribution < -0.4 is 0 Å². The number of benzene rings is 1. The van der Waals surface area contributed by atoms with Gasteiger partial charge in [0.2, 0.25) is 0 Å². The van der Waals surface area contributed by atoms with Crippen molar-refractivity contribution in [3.8, 4) is 0 Å². The minimum atomic E-state index is -5.10. The molecule has 0 unspecified atom stereocenters. The summed E-state index contributed by atoms with van der Waals surface area (Å²) in [4.78, 5) is 13.5. The van der Waals surface area contributed by atoms with Crippen molar-refractivity contribution in [2.24, 2.45) is 0 Å². The van der Waals surface area contributed by atoms with Crippen LogP contribution in [0.3, 0.4) is 0 Å². The number of allylic oxidation sites excluding steroid dienone is 10. The van der Waals surface area contributed by atoms with Crippen LogP contribution in [0.5, 0.6) is 0 Å². The van der Waals surface area contributed by atoms with Crippen LogP contribution in [0.25, 0.3) is 0 Å². The maximum absolute atomic E-state index is 14.6. The Kier molecular flexibility index (Phi) is 18.3. The standard InChI is InChI=1S/C40H59F3O4/c1-30(2)18-15-22-33(6)24-16-23-32(5)20-13-14-21-34(7)27-28-36(38(8,45)29-17-19-31(3)4)47-37(44)39(46-9,40(41,42)43)35-25-11-10-12-26-35/h10-12,18-21,24-26,36,45H,13-17,22-23,27-29H2,1-9H3/b32-20+,33-24+,34-21+/t36-,38-,39+/m1/s1. The van der Waals surface area contributed by atoms with E-state index < -0.39 is 29.5 Å². The fourth-order valence-electron chi connectivity index (χ4n) is 5.37. The van der Waals surface area contributed by atoms with Gasteiger partial charge in [-0.2, -0.15) is 13.2 Å². The van der Waals surface area contributed by atoms with Crippen molar-refractivity contribution in [3.05, 3.63) is 94.1 Å². The normalized spacial score (nSPS) is 16.1. The average molecular weight is 661 g/mol. The largest absolute Gasteiger partial charge is 0.457 e. The predicted molar refractivity (Wildman–Crippen MR) is 188 cm³/mol. The second kappa shape index (κ2) is 20.5. The molecule has 7 heteroatoms. The summed E-state index contributed by atoms with van der Waals surface area (Å²) in [6, 6.07) is 6.75. The summed E-state index contributed by atoms with van der Waals surface area (Å²) in [6.07, 6.45) is 11.8. The number of hydrogen-bond donors (Lipinski definition) is 1. The molecule has 0 saturated carbocycles. The lowest BCUT2D eigenvalue weighted by Gasteiger charge is -2.37. The van der Waals surface area contributed by atoms with E-state index in [2.05, 4.69) is 52.0 Å². The number of ether oxygens (including phenoxy) is 2. The molecule has 47 heavy (non-hydrogen) atoms. The summed E-state index contributed by atoms with van der Waals surface area (Å²) < 4.78 is 54.2. The Balaban J connectivity index is 2.99. The van der Waals surface area contributed by atoms with Gasteiger partial charge in [0.05, 0.1) is 5.60 Å². The van der Waals surface area contributed by atoms with E-state index >= 15 is 0 Å². The highest BCUT2D eigenvalue weighted by Crippen LogP contribution is 2.44. The molecule has 0 bridgehead atoms. The molecule has 4 nitrogen and oxygen atoms in total. The number of alkyl halides is 3. The van der Waals surface area contributed by atoms with Gasteiger partial charge in [0.25, 0.3) is 5.60 Å². The molecule has 1 rings (SSSR count). The highest BCUT2D eigenvalue weighted by molar-refractivity contribution is 5.83. The number of methoxy groups -OCH3 is 1. The fraction of sp³-hybridized carbons (Fsp3) is 0.575. The van der Waals surface area contributed by atoms with Gasteiger partial charge in [-0.3, -0.25) is 0 Å². The summed E-state index contributed by atoms with van der Waals surface area (Å²) >= 11 is 0. The van der Waals surface area contributed by atoms with E-state index in [0.29, 0.717) is 12.8 Å². The van der Waals surface area contributed by atoms with E-state index in [1.165, 1.54) is 47.9 Å². The minimum absolute atomic E-state index is 0.163. The van der Waals surface area contributed by atoms with E-state index in [1.54, 1.807) is 6.07 Å². The smallest absolute Gasteiger partial charge is 0.432 e. The van der Waals surface area contributed by atoms with Crippen LogP contribution in [0.4, 0.5) is 13.2 Å². The Morgan fingerprint density at radius 2 is 1.21 bits per heavy atom. The highest BCUT2D eigenvalue weighted by atomic mass is 19.4. The van der Waals surface area contributed by atoms with Crippen molar-refractivity contribution in [1.29, 1.82) is 0 Å². The van der Waals surface area contributed by atoms with Gasteiger partial charge in [-0.15, -0.1) is 0 Å². The zero-order chi connectivity index (χ0) is 35.7. The molecule has 0 fully saturated rings. The van der Waals surface area contributed by atoms with Gasteiger partial charge in [0.1, 0.15) is 6.10 Å². The van der Waals surface area contributed by atoms with E-state index in [1.807, 2.05) is 26.8 Å². The lowest BCUT2D eigenvalue weighted by molar-refractivity contribution is -0.281. The molecule has 0 saturated heterocycles. The van der Waals surface area contributed by atoms with Gasteiger partial charge in [-0.25, -0.2) is 4.79 Å². The van der Waals surface area contributed by atoms with Gasteiger partial charge in [0, 0.05) is 12.7 Å². The Labute approximate surface area is 282 Å². The molecule has 1 N–H and O–H groups in total. The first-order valence-corrected chi connectivity index (χ1v) is 16.8. The molecule has 3 atom stereocenters. The lowest BCUT2D eigenvalue weighted by Crippen LogP contribution is -2.54. The topological polar surface area (TPSA) is 55.8 Å². The molecule has 1 aromatic rings. The Hall–Kier alpha value is -2.90. The average Bonchev–Trinajstić information content (AvgIpc) is 2.97. The molecule has 0 heterocycles. The first kappa shape index (κ1) is 42.1. The molecule has 0 aromatic heterocycles. The quantitative estimate of drug-likeness (QED) is 0.0859. The molecule has 0 amide bonds. The molecular weight excluding hydrogens is 601 g/mol. The second-order valence-corrected chi connectivity index (χ2v) is 13.4. The molecule has 1 aromatic carbocycles. The molecule has 0 radical (unpaired) electrons. The molecule has 0 aliphatic heterocycles. The van der Waals surface area contributed by atoms with Crippen molar-refractivity contribution < 1.29 is 32.5 Å². The van der Waals surface area contributed by atoms with Crippen molar-refractivity contribution in [3.63, 3.8) is 0 Å². The van der Waals surface area contributed by atoms with Crippen molar-refractivity contribution >= 4 is 5.97 Å². The number of esters is 1. The second-order valence-electron chi connectivity index (χ2n) is 13.4. The van der Waals surface area contributed by atoms with Gasteiger partial charge in [-0.05, 0) is 120 Å². The summed E-state index contributed by atoms with van der Waals surface area (Å²) in [5.74, 6) is -1.59. The third kappa shape index (κ3) is 14.8. The summed E-state index contributed by atoms with van der Waals surface area (Å²) in [5, 5.41) is 11.4. The van der Waals surface area contributed by atoms with Gasteiger partial charge in [-0.1, -0.05) is 88.6 Å². The molecule has 0 aliphatic rings. The minimum Gasteiger partial charge on any atom is -0.457 e. The Morgan fingerprint density at radius 1 is 0.745 bits per heavy atom. The predicted octanol–water partition coefficient (Wildman–Crippen LogP) is 11.4. The summed E-state index contributed by atoms with van der Waals surface area (Å²) in [5.41, 5.74) is 0.910. The third-order valence-corrected chi connectivity index (χ3v) is 8.40. The number of rotatable bonds is 20. The summed E-state index contributed by atoms with van der Waals surface area (Å²) in [6.45, 7) is 15.9. The summed E-state index contributed by atoms with van der Waals surface area (Å²) in [7, 11) is 0.845. The molecule has 264 valence electrons. The van der Waals surface area contributed by atoms with E-state index in [0.717, 1.165) is 56.8 Å². The van der Waals surface area contributed by atoms with Crippen molar-refractivity contribution in [2.75, 3.05) is 7.11 Å². The maximum Gasteiger partial charge on any atom is 0.432 e. The third-order valence-electron chi connectivity index (χ3n) is 8.40. The first-order chi connectivity index (χ1) is 22.0. The van der Waals surface area contributed by atoms with Crippen LogP contribution in [0.15, 0.2) is 88.6 Å². The van der Waals surface area contributed by atoms with Gasteiger partial charge < -0.3 is 14.6 Å². The SMILES string of the molecule is CO[C@](C(=O)O[C@H](CC/C(C)=C/CC/C=C(\C)CC/C=C(\C)CCC=C(C)C)[C@](C)(O)CCC=C(C)C)(c1ccccc1)C(F)(F)F. The molecule has 0 aliphatic carbocycles. The van der Waals surface area contributed by atoms with Crippen LogP contribution >= 0.6 is 0 Å². The number of carbonyl (C=O) groups is 1.